The lowest BCUT2D eigenvalue weighted by atomic mass is 10.1. The van der Waals surface area contributed by atoms with Gasteiger partial charge in [0.1, 0.15) is 22.4 Å². The third-order valence-corrected chi connectivity index (χ3v) is 4.41. The van der Waals surface area contributed by atoms with Gasteiger partial charge in [-0.2, -0.15) is 4.98 Å². The molecule has 0 atom stereocenters. The summed E-state index contributed by atoms with van der Waals surface area (Å²) in [5.74, 6) is 0.584. The Kier molecular flexibility index (Phi) is 5.61. The van der Waals surface area contributed by atoms with Crippen molar-refractivity contribution in [2.24, 2.45) is 0 Å². The molecule has 0 saturated heterocycles. The van der Waals surface area contributed by atoms with E-state index in [-0.39, 0.29) is 12.0 Å². The van der Waals surface area contributed by atoms with Crippen molar-refractivity contribution in [3.63, 3.8) is 0 Å². The Labute approximate surface area is 193 Å². The van der Waals surface area contributed by atoms with Crippen LogP contribution in [0.3, 0.4) is 0 Å². The molecule has 4 rings (SSSR count). The molecule has 0 radical (unpaired) electrons. The van der Waals surface area contributed by atoms with Crippen LogP contribution in [-0.2, 0) is 0 Å². The maximum Gasteiger partial charge on any atom is 0.320 e. The summed E-state index contributed by atoms with van der Waals surface area (Å²) in [4.78, 5) is 22.6. The molecule has 8 heteroatoms. The topological polar surface area (TPSA) is 109 Å². The number of aromatic nitrogens is 5. The number of anilines is 1. The SMILES string of the molecule is CC(C)(C)Oc1ncc(-c2ccc3nc(N)nc(-c4ccccc4)c3n2)c(OC(C)(C)C)n1. The number of nitrogen functional groups attached to an aromatic ring is 1. The second-order valence-corrected chi connectivity index (χ2v) is 9.66. The monoisotopic (exact) mass is 444 g/mol. The summed E-state index contributed by atoms with van der Waals surface area (Å²) in [7, 11) is 0. The van der Waals surface area contributed by atoms with Crippen LogP contribution >= 0.6 is 0 Å². The second kappa shape index (κ2) is 8.27. The maximum atomic E-state index is 6.17. The Morgan fingerprint density at radius 3 is 2.12 bits per heavy atom. The van der Waals surface area contributed by atoms with Gasteiger partial charge in [0.2, 0.25) is 11.8 Å². The highest BCUT2D eigenvalue weighted by Crippen LogP contribution is 2.33. The van der Waals surface area contributed by atoms with Gasteiger partial charge < -0.3 is 15.2 Å². The molecule has 170 valence electrons. The van der Waals surface area contributed by atoms with Gasteiger partial charge in [-0.1, -0.05) is 30.3 Å². The first-order valence-electron chi connectivity index (χ1n) is 10.7. The normalized spacial score (nSPS) is 12.1. The van der Waals surface area contributed by atoms with Crippen molar-refractivity contribution in [3.8, 4) is 34.4 Å². The lowest BCUT2D eigenvalue weighted by Crippen LogP contribution is -2.26. The molecule has 3 heterocycles. The number of nitrogens with zero attached hydrogens (tertiary/aromatic N) is 5. The van der Waals surface area contributed by atoms with Gasteiger partial charge in [-0.05, 0) is 53.7 Å². The van der Waals surface area contributed by atoms with E-state index in [0.717, 1.165) is 5.56 Å². The second-order valence-electron chi connectivity index (χ2n) is 9.66. The van der Waals surface area contributed by atoms with Crippen molar-refractivity contribution in [2.75, 3.05) is 5.73 Å². The van der Waals surface area contributed by atoms with E-state index in [1.54, 1.807) is 6.20 Å². The van der Waals surface area contributed by atoms with Crippen molar-refractivity contribution in [2.45, 2.75) is 52.7 Å². The predicted molar refractivity (Wildman–Crippen MR) is 129 cm³/mol. The van der Waals surface area contributed by atoms with Crippen molar-refractivity contribution >= 4 is 17.0 Å². The summed E-state index contributed by atoms with van der Waals surface area (Å²) < 4.78 is 12.0. The molecule has 0 amide bonds. The minimum atomic E-state index is -0.480. The molecular weight excluding hydrogens is 416 g/mol. The summed E-state index contributed by atoms with van der Waals surface area (Å²) in [6.07, 6.45) is 1.67. The van der Waals surface area contributed by atoms with Crippen LogP contribution in [0.25, 0.3) is 33.5 Å². The molecule has 3 aromatic heterocycles. The van der Waals surface area contributed by atoms with Crippen molar-refractivity contribution in [3.05, 3.63) is 48.7 Å². The smallest absolute Gasteiger partial charge is 0.320 e. The van der Waals surface area contributed by atoms with Crippen molar-refractivity contribution < 1.29 is 9.47 Å². The average Bonchev–Trinajstić information content (AvgIpc) is 2.71. The Morgan fingerprint density at radius 1 is 0.758 bits per heavy atom. The van der Waals surface area contributed by atoms with Crippen LogP contribution in [0.2, 0.25) is 0 Å². The van der Waals surface area contributed by atoms with E-state index in [4.69, 9.17) is 20.2 Å². The van der Waals surface area contributed by atoms with E-state index in [0.29, 0.717) is 33.9 Å². The molecule has 0 spiro atoms. The minimum absolute atomic E-state index is 0.194. The number of rotatable bonds is 4. The molecule has 0 fully saturated rings. The van der Waals surface area contributed by atoms with Gasteiger partial charge in [0.15, 0.2) is 0 Å². The van der Waals surface area contributed by atoms with Crippen LogP contribution in [0.15, 0.2) is 48.7 Å². The minimum Gasteiger partial charge on any atom is -0.471 e. The predicted octanol–water partition coefficient (Wildman–Crippen LogP) is 5.09. The molecule has 0 saturated carbocycles. The molecule has 0 unspecified atom stereocenters. The zero-order chi connectivity index (χ0) is 23.8. The van der Waals surface area contributed by atoms with E-state index < -0.39 is 11.2 Å². The van der Waals surface area contributed by atoms with Gasteiger partial charge in [-0.15, -0.1) is 0 Å². The van der Waals surface area contributed by atoms with E-state index in [2.05, 4.69) is 19.9 Å². The number of benzene rings is 1. The Balaban J connectivity index is 1.88. The molecule has 0 bridgehead atoms. The van der Waals surface area contributed by atoms with E-state index in [1.165, 1.54) is 0 Å². The molecule has 0 aliphatic rings. The van der Waals surface area contributed by atoms with Crippen LogP contribution < -0.4 is 15.2 Å². The highest BCUT2D eigenvalue weighted by atomic mass is 16.5. The van der Waals surface area contributed by atoms with Gasteiger partial charge >= 0.3 is 6.01 Å². The first kappa shape index (κ1) is 22.4. The summed E-state index contributed by atoms with van der Waals surface area (Å²) in [5, 5.41) is 0. The fourth-order valence-corrected chi connectivity index (χ4v) is 3.20. The van der Waals surface area contributed by atoms with Gasteiger partial charge in [0.05, 0.1) is 16.8 Å². The molecular formula is C25H28N6O2. The fourth-order valence-electron chi connectivity index (χ4n) is 3.20. The quantitative estimate of drug-likeness (QED) is 0.464. The standard InChI is InChI=1S/C25H28N6O2/c1-24(2,3)32-21-16(14-27-23(31-21)33-25(4,5)6)17-12-13-18-20(28-17)19(30-22(26)29-18)15-10-8-7-9-11-15/h7-14H,1-6H3,(H2,26,29,30). The molecule has 0 aliphatic heterocycles. The van der Waals surface area contributed by atoms with Crippen LogP contribution in [0.1, 0.15) is 41.5 Å². The third-order valence-electron chi connectivity index (χ3n) is 4.41. The number of ether oxygens (including phenoxy) is 2. The Morgan fingerprint density at radius 2 is 1.45 bits per heavy atom. The van der Waals surface area contributed by atoms with Crippen LogP contribution in [0, 0.1) is 0 Å². The van der Waals surface area contributed by atoms with E-state index >= 15 is 0 Å². The maximum absolute atomic E-state index is 6.17. The number of hydrogen-bond acceptors (Lipinski definition) is 8. The van der Waals surface area contributed by atoms with E-state index in [1.807, 2.05) is 84.0 Å². The Hall–Kier alpha value is -3.81. The van der Waals surface area contributed by atoms with Gasteiger partial charge in [0, 0.05) is 11.8 Å². The molecule has 33 heavy (non-hydrogen) atoms. The fraction of sp³-hybridized carbons (Fsp3) is 0.320. The lowest BCUT2D eigenvalue weighted by molar-refractivity contribution is 0.103. The van der Waals surface area contributed by atoms with Gasteiger partial charge in [-0.3, -0.25) is 0 Å². The van der Waals surface area contributed by atoms with Crippen LogP contribution in [0.5, 0.6) is 11.9 Å². The third kappa shape index (κ3) is 5.34. The number of fused-ring (bicyclic) bond motifs is 1. The highest BCUT2D eigenvalue weighted by Gasteiger charge is 2.22. The molecule has 8 nitrogen and oxygen atoms in total. The van der Waals surface area contributed by atoms with Gasteiger partial charge in [-0.25, -0.2) is 19.9 Å². The van der Waals surface area contributed by atoms with Crippen LogP contribution in [-0.4, -0.2) is 36.1 Å². The summed E-state index contributed by atoms with van der Waals surface area (Å²) in [6, 6.07) is 13.7. The molecule has 1 aromatic carbocycles. The molecule has 0 aliphatic carbocycles. The number of hydrogen-bond donors (Lipinski definition) is 1. The first-order chi connectivity index (χ1) is 15.5. The summed E-state index contributed by atoms with van der Waals surface area (Å²) in [6.45, 7) is 11.7. The first-order valence-corrected chi connectivity index (χ1v) is 10.7. The van der Waals surface area contributed by atoms with Crippen LogP contribution in [0.4, 0.5) is 5.95 Å². The summed E-state index contributed by atoms with van der Waals surface area (Å²) >= 11 is 0. The number of pyridine rings is 1. The molecule has 4 aromatic rings. The van der Waals surface area contributed by atoms with Gasteiger partial charge in [0.25, 0.3) is 0 Å². The Bertz CT molecular complexity index is 1290. The number of nitrogens with two attached hydrogens (primary N) is 1. The lowest BCUT2D eigenvalue weighted by Gasteiger charge is -2.24. The highest BCUT2D eigenvalue weighted by molar-refractivity contribution is 5.91. The van der Waals surface area contributed by atoms with Crippen molar-refractivity contribution in [1.29, 1.82) is 0 Å². The molecule has 2 N–H and O–H groups in total. The largest absolute Gasteiger partial charge is 0.471 e. The zero-order valence-electron chi connectivity index (χ0n) is 19.7. The zero-order valence-corrected chi connectivity index (χ0v) is 19.7. The van der Waals surface area contributed by atoms with E-state index in [9.17, 15) is 0 Å². The van der Waals surface area contributed by atoms with Crippen molar-refractivity contribution in [1.82, 2.24) is 24.9 Å². The average molecular weight is 445 g/mol. The summed E-state index contributed by atoms with van der Waals surface area (Å²) in [5.41, 5.74) is 9.16.